The second-order valence-electron chi connectivity index (χ2n) is 3.24. The molecule has 0 saturated heterocycles. The highest BCUT2D eigenvalue weighted by molar-refractivity contribution is 6.17. The van der Waals surface area contributed by atoms with Gasteiger partial charge in [-0.05, 0) is 18.1 Å². The van der Waals surface area contributed by atoms with Crippen LogP contribution < -0.4 is 0 Å². The summed E-state index contributed by atoms with van der Waals surface area (Å²) >= 11 is 5.46. The second kappa shape index (κ2) is 5.22. The van der Waals surface area contributed by atoms with Crippen molar-refractivity contribution >= 4 is 11.6 Å². The standard InChI is InChI=1S/C11H9ClF3N/c12-6-5-8(7-16)9-3-1-2-4-10(9)11(13,14)15/h1-4,8H,5-6H2. The van der Waals surface area contributed by atoms with Crippen molar-refractivity contribution in [1.29, 1.82) is 5.26 Å². The van der Waals surface area contributed by atoms with Gasteiger partial charge in [0.15, 0.2) is 0 Å². The first-order valence-corrected chi connectivity index (χ1v) is 5.16. The lowest BCUT2D eigenvalue weighted by molar-refractivity contribution is -0.138. The third kappa shape index (κ3) is 2.89. The van der Waals surface area contributed by atoms with Crippen LogP contribution in [0.2, 0.25) is 0 Å². The quantitative estimate of drug-likeness (QED) is 0.742. The molecule has 0 aliphatic heterocycles. The molecule has 1 rings (SSSR count). The summed E-state index contributed by atoms with van der Waals surface area (Å²) in [7, 11) is 0. The van der Waals surface area contributed by atoms with Gasteiger partial charge in [0, 0.05) is 5.88 Å². The normalized spacial score (nSPS) is 13.2. The molecule has 0 bridgehead atoms. The summed E-state index contributed by atoms with van der Waals surface area (Å²) in [5.41, 5.74) is -0.759. The third-order valence-corrected chi connectivity index (χ3v) is 2.41. The lowest BCUT2D eigenvalue weighted by Gasteiger charge is -2.15. The molecule has 1 nitrogen and oxygen atoms in total. The molecule has 1 atom stereocenters. The largest absolute Gasteiger partial charge is 0.416 e. The Morgan fingerprint density at radius 3 is 2.44 bits per heavy atom. The van der Waals surface area contributed by atoms with E-state index in [0.29, 0.717) is 0 Å². The van der Waals surface area contributed by atoms with Crippen molar-refractivity contribution in [1.82, 2.24) is 0 Å². The van der Waals surface area contributed by atoms with Crippen LogP contribution in [0.15, 0.2) is 24.3 Å². The van der Waals surface area contributed by atoms with Crippen molar-refractivity contribution in [2.45, 2.75) is 18.5 Å². The van der Waals surface area contributed by atoms with Gasteiger partial charge in [-0.1, -0.05) is 18.2 Å². The predicted molar refractivity (Wildman–Crippen MR) is 55.1 cm³/mol. The van der Waals surface area contributed by atoms with Gasteiger partial charge >= 0.3 is 6.18 Å². The van der Waals surface area contributed by atoms with Gasteiger partial charge in [0.25, 0.3) is 0 Å². The Morgan fingerprint density at radius 1 is 1.31 bits per heavy atom. The highest BCUT2D eigenvalue weighted by Crippen LogP contribution is 2.35. The summed E-state index contributed by atoms with van der Waals surface area (Å²) in [6.07, 6.45) is -4.22. The Hall–Kier alpha value is -1.21. The molecule has 5 heteroatoms. The number of hydrogen-bond acceptors (Lipinski definition) is 1. The summed E-state index contributed by atoms with van der Waals surface area (Å²) in [5.74, 6) is -0.653. The molecular formula is C11H9ClF3N. The average Bonchev–Trinajstić information content (AvgIpc) is 2.25. The molecule has 0 amide bonds. The number of halogens is 4. The Morgan fingerprint density at radius 2 is 1.94 bits per heavy atom. The van der Waals surface area contributed by atoms with Gasteiger partial charge in [-0.3, -0.25) is 0 Å². The summed E-state index contributed by atoms with van der Waals surface area (Å²) in [6, 6.07) is 6.95. The molecule has 0 radical (unpaired) electrons. The van der Waals surface area contributed by atoms with Crippen molar-refractivity contribution in [3.63, 3.8) is 0 Å². The van der Waals surface area contributed by atoms with Gasteiger partial charge in [0.1, 0.15) is 0 Å². The van der Waals surface area contributed by atoms with Crippen LogP contribution in [0.4, 0.5) is 13.2 Å². The highest BCUT2D eigenvalue weighted by atomic mass is 35.5. The van der Waals surface area contributed by atoms with E-state index in [9.17, 15) is 13.2 Å². The zero-order chi connectivity index (χ0) is 12.2. The SMILES string of the molecule is N#CC(CCCl)c1ccccc1C(F)(F)F. The minimum atomic E-state index is -4.43. The van der Waals surface area contributed by atoms with Crippen LogP contribution in [0.1, 0.15) is 23.5 Å². The second-order valence-corrected chi connectivity index (χ2v) is 3.62. The molecule has 86 valence electrons. The molecule has 0 aliphatic carbocycles. The highest BCUT2D eigenvalue weighted by Gasteiger charge is 2.34. The lowest BCUT2D eigenvalue weighted by atomic mass is 9.93. The van der Waals surface area contributed by atoms with E-state index in [4.69, 9.17) is 16.9 Å². The predicted octanol–water partition coefficient (Wildman–Crippen LogP) is 3.94. The monoisotopic (exact) mass is 247 g/mol. The van der Waals surface area contributed by atoms with Crippen molar-refractivity contribution in [3.05, 3.63) is 35.4 Å². The Balaban J connectivity index is 3.18. The summed E-state index contributed by atoms with van der Waals surface area (Å²) < 4.78 is 37.9. The molecule has 0 fully saturated rings. The van der Waals surface area contributed by atoms with Crippen LogP contribution >= 0.6 is 11.6 Å². The van der Waals surface area contributed by atoms with Crippen molar-refractivity contribution < 1.29 is 13.2 Å². The van der Waals surface area contributed by atoms with E-state index in [1.807, 2.05) is 6.07 Å². The maximum atomic E-state index is 12.6. The van der Waals surface area contributed by atoms with Crippen LogP contribution in [0.3, 0.4) is 0 Å². The van der Waals surface area contributed by atoms with E-state index in [-0.39, 0.29) is 17.9 Å². The van der Waals surface area contributed by atoms with Gasteiger partial charge in [-0.2, -0.15) is 18.4 Å². The van der Waals surface area contributed by atoms with Crippen molar-refractivity contribution in [2.75, 3.05) is 5.88 Å². The lowest BCUT2D eigenvalue weighted by Crippen LogP contribution is -2.11. The minimum Gasteiger partial charge on any atom is -0.198 e. The molecule has 0 heterocycles. The van der Waals surface area contributed by atoms with Crippen LogP contribution in [0.5, 0.6) is 0 Å². The van der Waals surface area contributed by atoms with Crippen LogP contribution in [0, 0.1) is 11.3 Å². The topological polar surface area (TPSA) is 23.8 Å². The zero-order valence-electron chi connectivity index (χ0n) is 8.26. The molecule has 16 heavy (non-hydrogen) atoms. The number of alkyl halides is 4. The fraction of sp³-hybridized carbons (Fsp3) is 0.364. The first kappa shape index (κ1) is 12.9. The van der Waals surface area contributed by atoms with E-state index in [2.05, 4.69) is 0 Å². The zero-order valence-corrected chi connectivity index (χ0v) is 9.02. The smallest absolute Gasteiger partial charge is 0.198 e. The molecule has 0 spiro atoms. The summed E-state index contributed by atoms with van der Waals surface area (Å²) in [4.78, 5) is 0. The molecule has 1 aromatic carbocycles. The number of benzene rings is 1. The minimum absolute atomic E-state index is 0.00171. The third-order valence-electron chi connectivity index (χ3n) is 2.20. The van der Waals surface area contributed by atoms with Gasteiger partial charge in [0.05, 0.1) is 17.6 Å². The number of rotatable bonds is 3. The fourth-order valence-corrected chi connectivity index (χ4v) is 1.68. The van der Waals surface area contributed by atoms with E-state index >= 15 is 0 Å². The molecule has 0 N–H and O–H groups in total. The number of nitrogens with zero attached hydrogens (tertiary/aromatic N) is 1. The molecule has 0 aliphatic rings. The van der Waals surface area contributed by atoms with E-state index in [1.54, 1.807) is 0 Å². The van der Waals surface area contributed by atoms with Crippen LogP contribution in [-0.4, -0.2) is 5.88 Å². The van der Waals surface area contributed by atoms with Gasteiger partial charge in [0.2, 0.25) is 0 Å². The van der Waals surface area contributed by atoms with Crippen molar-refractivity contribution in [2.24, 2.45) is 0 Å². The number of hydrogen-bond donors (Lipinski definition) is 0. The van der Waals surface area contributed by atoms with Gasteiger partial charge < -0.3 is 0 Å². The Kier molecular flexibility index (Phi) is 4.19. The average molecular weight is 248 g/mol. The first-order chi connectivity index (χ1) is 7.50. The van der Waals surface area contributed by atoms with Gasteiger partial charge in [-0.15, -0.1) is 11.6 Å². The molecule has 1 unspecified atom stereocenters. The fourth-order valence-electron chi connectivity index (χ4n) is 1.46. The summed E-state index contributed by atoms with van der Waals surface area (Å²) in [5, 5.41) is 8.82. The molecular weight excluding hydrogens is 239 g/mol. The Labute approximate surface area is 96.4 Å². The van der Waals surface area contributed by atoms with Gasteiger partial charge in [-0.25, -0.2) is 0 Å². The van der Waals surface area contributed by atoms with E-state index < -0.39 is 17.7 Å². The maximum Gasteiger partial charge on any atom is 0.416 e. The van der Waals surface area contributed by atoms with Crippen LogP contribution in [0.25, 0.3) is 0 Å². The van der Waals surface area contributed by atoms with Crippen molar-refractivity contribution in [3.8, 4) is 6.07 Å². The first-order valence-electron chi connectivity index (χ1n) is 4.62. The molecule has 0 aromatic heterocycles. The van der Waals surface area contributed by atoms with E-state index in [1.165, 1.54) is 18.2 Å². The summed E-state index contributed by atoms with van der Waals surface area (Å²) in [6.45, 7) is 0. The van der Waals surface area contributed by atoms with E-state index in [0.717, 1.165) is 6.07 Å². The molecule has 1 aromatic rings. The molecule has 0 saturated carbocycles. The maximum absolute atomic E-state index is 12.6. The van der Waals surface area contributed by atoms with Crippen LogP contribution in [-0.2, 0) is 6.18 Å². The number of nitriles is 1. The Bertz CT molecular complexity index is 395.